The van der Waals surface area contributed by atoms with Crippen molar-refractivity contribution in [2.45, 2.75) is 24.7 Å². The van der Waals surface area contributed by atoms with Crippen molar-refractivity contribution in [3.8, 4) is 0 Å². The predicted molar refractivity (Wildman–Crippen MR) is 101 cm³/mol. The number of fused-ring (bicyclic) bond motifs is 1. The maximum Gasteiger partial charge on any atom is 0.410 e. The van der Waals surface area contributed by atoms with Gasteiger partial charge in [0.25, 0.3) is 5.91 Å². The molecule has 2 atom stereocenters. The van der Waals surface area contributed by atoms with Crippen molar-refractivity contribution in [2.24, 2.45) is 0 Å². The molecule has 152 valence electrons. The molecule has 29 heavy (non-hydrogen) atoms. The number of furan rings is 1. The third kappa shape index (κ3) is 3.79. The maximum absolute atomic E-state index is 13.6. The number of rotatable bonds is 3. The number of nitrogens with zero attached hydrogens (tertiary/aromatic N) is 2. The molecule has 4 rings (SSSR count). The molecule has 1 aromatic carbocycles. The Kier molecular flexibility index (Phi) is 4.95. The van der Waals surface area contributed by atoms with Gasteiger partial charge in [-0.1, -0.05) is 23.2 Å². The number of carbonyl (C=O) groups is 1. The normalized spacial score (nSPS) is 18.8. The summed E-state index contributed by atoms with van der Waals surface area (Å²) in [7, 11) is 0. The van der Waals surface area contributed by atoms with E-state index in [0.717, 1.165) is 10.9 Å². The van der Waals surface area contributed by atoms with Gasteiger partial charge in [-0.3, -0.25) is 4.79 Å². The lowest BCUT2D eigenvalue weighted by Crippen LogP contribution is -2.36. The molecule has 6 nitrogen and oxygen atoms in total. The Morgan fingerprint density at radius 3 is 2.72 bits per heavy atom. The van der Waals surface area contributed by atoms with Crippen LogP contribution in [0.2, 0.25) is 10.0 Å². The molecule has 3 heterocycles. The summed E-state index contributed by atoms with van der Waals surface area (Å²) in [5.41, 5.74) is 0.302. The van der Waals surface area contributed by atoms with Crippen LogP contribution in [0.1, 0.15) is 34.6 Å². The van der Waals surface area contributed by atoms with E-state index in [-0.39, 0.29) is 22.8 Å². The Bertz CT molecular complexity index is 1050. The summed E-state index contributed by atoms with van der Waals surface area (Å²) < 4.78 is 46.9. The molecule has 0 saturated heterocycles. The lowest BCUT2D eigenvalue weighted by molar-refractivity contribution is -0.174. The van der Waals surface area contributed by atoms with Crippen LogP contribution in [0.3, 0.4) is 0 Å². The highest BCUT2D eigenvalue weighted by Crippen LogP contribution is 2.44. The van der Waals surface area contributed by atoms with E-state index in [0.29, 0.717) is 16.5 Å². The Morgan fingerprint density at radius 2 is 2.07 bits per heavy atom. The minimum atomic E-state index is -4.55. The fourth-order valence-electron chi connectivity index (χ4n) is 3.18. The molecule has 1 aliphatic heterocycles. The standard InChI is InChI=1S/C18H13Cl2F3N4O2/c19-11-4-3-9(6-12(11)20)25-17(28)10-8-24-27-15(18(21,22)23)7-13(26-16(10)27)14-2-1-5-29-14/h1-6,8,13,15,26H,7H2,(H,25,28)/t13-,15+/m0/s1. The first kappa shape index (κ1) is 19.7. The first-order chi connectivity index (χ1) is 13.7. The van der Waals surface area contributed by atoms with Gasteiger partial charge in [0.05, 0.1) is 28.5 Å². The molecule has 2 aromatic heterocycles. The first-order valence-corrected chi connectivity index (χ1v) is 9.20. The number of aromatic nitrogens is 2. The largest absolute Gasteiger partial charge is 0.467 e. The smallest absolute Gasteiger partial charge is 0.410 e. The van der Waals surface area contributed by atoms with Gasteiger partial charge in [-0.05, 0) is 30.3 Å². The van der Waals surface area contributed by atoms with Crippen molar-refractivity contribution in [3.63, 3.8) is 0 Å². The molecule has 1 amide bonds. The van der Waals surface area contributed by atoms with Gasteiger partial charge >= 0.3 is 6.18 Å². The van der Waals surface area contributed by atoms with E-state index < -0.39 is 24.2 Å². The van der Waals surface area contributed by atoms with E-state index in [4.69, 9.17) is 27.6 Å². The van der Waals surface area contributed by atoms with Gasteiger partial charge < -0.3 is 15.1 Å². The Hall–Kier alpha value is -2.65. The van der Waals surface area contributed by atoms with Gasteiger partial charge in [-0.15, -0.1) is 0 Å². The number of anilines is 2. The van der Waals surface area contributed by atoms with E-state index in [2.05, 4.69) is 15.7 Å². The summed E-state index contributed by atoms with van der Waals surface area (Å²) in [6.45, 7) is 0. The molecule has 0 radical (unpaired) electrons. The quantitative estimate of drug-likeness (QED) is 0.543. The lowest BCUT2D eigenvalue weighted by Gasteiger charge is -2.32. The summed E-state index contributed by atoms with van der Waals surface area (Å²) in [6, 6.07) is 4.96. The summed E-state index contributed by atoms with van der Waals surface area (Å²) in [5.74, 6) is -0.349. The summed E-state index contributed by atoms with van der Waals surface area (Å²) in [4.78, 5) is 12.7. The summed E-state index contributed by atoms with van der Waals surface area (Å²) in [5, 5.41) is 9.87. The second-order valence-corrected chi connectivity index (χ2v) is 7.25. The molecule has 0 saturated carbocycles. The fourth-order valence-corrected chi connectivity index (χ4v) is 3.48. The minimum Gasteiger partial charge on any atom is -0.467 e. The zero-order valence-electron chi connectivity index (χ0n) is 14.5. The van der Waals surface area contributed by atoms with Gasteiger partial charge in [-0.25, -0.2) is 4.68 Å². The number of nitrogens with one attached hydrogen (secondary N) is 2. The van der Waals surface area contributed by atoms with Crippen molar-refractivity contribution >= 4 is 40.6 Å². The average molecular weight is 445 g/mol. The van der Waals surface area contributed by atoms with Crippen molar-refractivity contribution in [3.05, 3.63) is 64.2 Å². The molecule has 0 fully saturated rings. The molecule has 0 aliphatic carbocycles. The maximum atomic E-state index is 13.6. The molecule has 11 heteroatoms. The second-order valence-electron chi connectivity index (χ2n) is 6.44. The molecule has 1 aliphatic rings. The van der Waals surface area contributed by atoms with Crippen LogP contribution in [0.25, 0.3) is 0 Å². The third-order valence-corrected chi connectivity index (χ3v) is 5.29. The van der Waals surface area contributed by atoms with Crippen molar-refractivity contribution in [1.82, 2.24) is 9.78 Å². The van der Waals surface area contributed by atoms with Crippen LogP contribution in [-0.2, 0) is 0 Å². The zero-order valence-corrected chi connectivity index (χ0v) is 16.0. The number of hydrogen-bond acceptors (Lipinski definition) is 4. The zero-order chi connectivity index (χ0) is 20.8. The number of alkyl halides is 3. The Balaban J connectivity index is 1.67. The van der Waals surface area contributed by atoms with Crippen LogP contribution in [0.4, 0.5) is 24.7 Å². The van der Waals surface area contributed by atoms with E-state index in [1.807, 2.05) is 0 Å². The Morgan fingerprint density at radius 1 is 1.28 bits per heavy atom. The fraction of sp³-hybridized carbons (Fsp3) is 0.222. The lowest BCUT2D eigenvalue weighted by atomic mass is 10.0. The predicted octanol–water partition coefficient (Wildman–Crippen LogP) is 5.70. The third-order valence-electron chi connectivity index (χ3n) is 4.55. The molecule has 0 bridgehead atoms. The van der Waals surface area contributed by atoms with E-state index in [1.54, 1.807) is 12.1 Å². The summed E-state index contributed by atoms with van der Waals surface area (Å²) in [6.07, 6.45) is -2.40. The van der Waals surface area contributed by atoms with Gasteiger partial charge in [0, 0.05) is 12.1 Å². The van der Waals surface area contributed by atoms with E-state index in [9.17, 15) is 18.0 Å². The second kappa shape index (κ2) is 7.31. The molecule has 3 aromatic rings. The number of amides is 1. The van der Waals surface area contributed by atoms with Crippen LogP contribution in [-0.4, -0.2) is 21.9 Å². The highest BCUT2D eigenvalue weighted by molar-refractivity contribution is 6.42. The SMILES string of the molecule is O=C(Nc1ccc(Cl)c(Cl)c1)c1cnn2c1N[C@H](c1ccco1)C[C@@H]2C(F)(F)F. The van der Waals surface area contributed by atoms with Gasteiger partial charge in [0.2, 0.25) is 0 Å². The topological polar surface area (TPSA) is 72.1 Å². The molecule has 2 N–H and O–H groups in total. The van der Waals surface area contributed by atoms with Crippen LogP contribution in [0.5, 0.6) is 0 Å². The van der Waals surface area contributed by atoms with E-state index >= 15 is 0 Å². The molecule has 0 unspecified atom stereocenters. The molecular weight excluding hydrogens is 432 g/mol. The number of halogens is 5. The number of benzene rings is 1. The highest BCUT2D eigenvalue weighted by Gasteiger charge is 2.47. The first-order valence-electron chi connectivity index (χ1n) is 8.44. The average Bonchev–Trinajstić information content (AvgIpc) is 3.32. The van der Waals surface area contributed by atoms with Crippen LogP contribution < -0.4 is 10.6 Å². The van der Waals surface area contributed by atoms with Crippen molar-refractivity contribution < 1.29 is 22.4 Å². The van der Waals surface area contributed by atoms with E-state index in [1.165, 1.54) is 24.5 Å². The van der Waals surface area contributed by atoms with Crippen LogP contribution in [0.15, 0.2) is 47.2 Å². The summed E-state index contributed by atoms with van der Waals surface area (Å²) >= 11 is 11.8. The molecule has 0 spiro atoms. The van der Waals surface area contributed by atoms with Crippen LogP contribution in [0, 0.1) is 0 Å². The number of hydrogen-bond donors (Lipinski definition) is 2. The van der Waals surface area contributed by atoms with Gasteiger partial charge in [0.1, 0.15) is 17.1 Å². The minimum absolute atomic E-state index is 0.0402. The monoisotopic (exact) mass is 444 g/mol. The molecular formula is C18H13Cl2F3N4O2. The van der Waals surface area contributed by atoms with Gasteiger partial charge in [0.15, 0.2) is 6.04 Å². The van der Waals surface area contributed by atoms with Crippen molar-refractivity contribution in [2.75, 3.05) is 10.6 Å². The van der Waals surface area contributed by atoms with Crippen LogP contribution >= 0.6 is 23.2 Å². The Labute approximate surface area is 172 Å². The number of carbonyl (C=O) groups excluding carboxylic acids is 1. The van der Waals surface area contributed by atoms with Gasteiger partial charge in [-0.2, -0.15) is 18.3 Å². The van der Waals surface area contributed by atoms with Crippen molar-refractivity contribution in [1.29, 1.82) is 0 Å². The highest BCUT2D eigenvalue weighted by atomic mass is 35.5.